The fraction of sp³-hybridized carbons (Fsp3) is 0.316. The highest BCUT2D eigenvalue weighted by atomic mass is 32.1. The van der Waals surface area contributed by atoms with E-state index in [0.29, 0.717) is 17.3 Å². The van der Waals surface area contributed by atoms with E-state index in [1.54, 1.807) is 35.6 Å². The van der Waals surface area contributed by atoms with Crippen LogP contribution in [-0.2, 0) is 17.6 Å². The maximum atomic E-state index is 12.6. The fourth-order valence-electron chi connectivity index (χ4n) is 3.37. The van der Waals surface area contributed by atoms with Crippen molar-refractivity contribution >= 4 is 27.5 Å². The van der Waals surface area contributed by atoms with E-state index in [1.807, 2.05) is 0 Å². The molecule has 0 amide bonds. The van der Waals surface area contributed by atoms with Crippen LogP contribution < -0.4 is 5.56 Å². The van der Waals surface area contributed by atoms with Crippen LogP contribution in [0.4, 0.5) is 0 Å². The SMILES string of the molecule is COC(=O)c1ccc(-c2nc3sc4c(c3c(=O)[nH]2)CCC(C)C4)cc1. The third kappa shape index (κ3) is 2.76. The zero-order chi connectivity index (χ0) is 17.6. The molecule has 0 saturated heterocycles. The molecule has 1 atom stereocenters. The van der Waals surface area contributed by atoms with E-state index in [0.717, 1.165) is 35.0 Å². The van der Waals surface area contributed by atoms with Gasteiger partial charge in [-0.15, -0.1) is 11.3 Å². The van der Waals surface area contributed by atoms with Crippen molar-refractivity contribution in [3.63, 3.8) is 0 Å². The van der Waals surface area contributed by atoms with Gasteiger partial charge in [-0.25, -0.2) is 9.78 Å². The Balaban J connectivity index is 1.79. The molecule has 1 N–H and O–H groups in total. The molecule has 2 aromatic heterocycles. The maximum Gasteiger partial charge on any atom is 0.337 e. The van der Waals surface area contributed by atoms with Crippen LogP contribution in [0.1, 0.15) is 34.1 Å². The molecule has 0 saturated carbocycles. The molecule has 0 aliphatic heterocycles. The summed E-state index contributed by atoms with van der Waals surface area (Å²) in [4.78, 5) is 33.9. The molecule has 0 bridgehead atoms. The summed E-state index contributed by atoms with van der Waals surface area (Å²) in [6, 6.07) is 6.89. The lowest BCUT2D eigenvalue weighted by molar-refractivity contribution is 0.0601. The van der Waals surface area contributed by atoms with Gasteiger partial charge < -0.3 is 9.72 Å². The standard InChI is InChI=1S/C19H18N2O3S/c1-10-3-8-13-14(9-10)25-18-15(13)17(22)20-16(21-18)11-4-6-12(7-5-11)19(23)24-2/h4-7,10H,3,8-9H2,1-2H3,(H,20,21,22). The summed E-state index contributed by atoms with van der Waals surface area (Å²) in [6.45, 7) is 2.25. The van der Waals surface area contributed by atoms with Crippen molar-refractivity contribution in [1.82, 2.24) is 9.97 Å². The lowest BCUT2D eigenvalue weighted by Crippen LogP contribution is -2.13. The normalized spacial score (nSPS) is 16.6. The minimum atomic E-state index is -0.386. The van der Waals surface area contributed by atoms with E-state index in [-0.39, 0.29) is 11.5 Å². The predicted octanol–water partition coefficient (Wildman–Crippen LogP) is 3.56. The Morgan fingerprint density at radius 3 is 2.80 bits per heavy atom. The van der Waals surface area contributed by atoms with Crippen LogP contribution in [0.25, 0.3) is 21.6 Å². The molecule has 1 aliphatic carbocycles. The number of H-pyrrole nitrogens is 1. The molecule has 4 rings (SSSR count). The number of carbonyl (C=O) groups is 1. The average Bonchev–Trinajstić information content (AvgIpc) is 2.98. The zero-order valence-corrected chi connectivity index (χ0v) is 14.9. The van der Waals surface area contributed by atoms with Gasteiger partial charge in [0.1, 0.15) is 10.7 Å². The Morgan fingerprint density at radius 1 is 1.32 bits per heavy atom. The van der Waals surface area contributed by atoms with Crippen LogP contribution in [-0.4, -0.2) is 23.0 Å². The van der Waals surface area contributed by atoms with Crippen LogP contribution in [0, 0.1) is 5.92 Å². The summed E-state index contributed by atoms with van der Waals surface area (Å²) < 4.78 is 4.70. The zero-order valence-electron chi connectivity index (χ0n) is 14.1. The van der Waals surface area contributed by atoms with E-state index < -0.39 is 0 Å². The van der Waals surface area contributed by atoms with Gasteiger partial charge in [-0.05, 0) is 42.9 Å². The van der Waals surface area contributed by atoms with Crippen molar-refractivity contribution in [3.05, 3.63) is 50.6 Å². The molecule has 25 heavy (non-hydrogen) atoms. The van der Waals surface area contributed by atoms with Gasteiger partial charge in [0.15, 0.2) is 0 Å². The van der Waals surface area contributed by atoms with E-state index in [9.17, 15) is 9.59 Å². The number of methoxy groups -OCH3 is 1. The van der Waals surface area contributed by atoms with Crippen LogP contribution in [0.15, 0.2) is 29.1 Å². The predicted molar refractivity (Wildman–Crippen MR) is 98.2 cm³/mol. The number of nitrogens with one attached hydrogen (secondary N) is 1. The van der Waals surface area contributed by atoms with E-state index in [4.69, 9.17) is 4.74 Å². The summed E-state index contributed by atoms with van der Waals surface area (Å²) >= 11 is 1.63. The van der Waals surface area contributed by atoms with Crippen LogP contribution >= 0.6 is 11.3 Å². The van der Waals surface area contributed by atoms with Crippen LogP contribution in [0.2, 0.25) is 0 Å². The second-order valence-electron chi connectivity index (χ2n) is 6.52. The van der Waals surface area contributed by atoms with Gasteiger partial charge >= 0.3 is 5.97 Å². The number of hydrogen-bond donors (Lipinski definition) is 1. The molecule has 2 heterocycles. The van der Waals surface area contributed by atoms with Gasteiger partial charge in [0.2, 0.25) is 0 Å². The first-order chi connectivity index (χ1) is 12.1. The van der Waals surface area contributed by atoms with Crippen molar-refractivity contribution in [2.45, 2.75) is 26.2 Å². The van der Waals surface area contributed by atoms with E-state index >= 15 is 0 Å². The number of esters is 1. The molecule has 1 unspecified atom stereocenters. The summed E-state index contributed by atoms with van der Waals surface area (Å²) in [5, 5.41) is 0.752. The highest BCUT2D eigenvalue weighted by Crippen LogP contribution is 2.36. The molecule has 0 fully saturated rings. The smallest absolute Gasteiger partial charge is 0.337 e. The Kier molecular flexibility index (Phi) is 3.92. The molecule has 1 aromatic carbocycles. The molecular formula is C19H18N2O3S. The molecule has 6 heteroatoms. The van der Waals surface area contributed by atoms with E-state index in [2.05, 4.69) is 16.9 Å². The average molecular weight is 354 g/mol. The van der Waals surface area contributed by atoms with Crippen LogP contribution in [0.5, 0.6) is 0 Å². The lowest BCUT2D eigenvalue weighted by Gasteiger charge is -2.17. The molecule has 3 aromatic rings. The summed E-state index contributed by atoms with van der Waals surface area (Å²) in [5.74, 6) is 0.800. The van der Waals surface area contributed by atoms with Crippen LogP contribution in [0.3, 0.4) is 0 Å². The molecule has 1 aliphatic rings. The minimum absolute atomic E-state index is 0.0795. The number of aromatic amines is 1. The largest absolute Gasteiger partial charge is 0.465 e. The Labute approximate surface area is 148 Å². The van der Waals surface area contributed by atoms with Crippen molar-refractivity contribution in [3.8, 4) is 11.4 Å². The number of carbonyl (C=O) groups excluding carboxylic acids is 1. The number of aromatic nitrogens is 2. The molecule has 5 nitrogen and oxygen atoms in total. The van der Waals surface area contributed by atoms with E-state index in [1.165, 1.54) is 17.6 Å². The van der Waals surface area contributed by atoms with Crippen molar-refractivity contribution in [2.75, 3.05) is 7.11 Å². The number of fused-ring (bicyclic) bond motifs is 3. The number of ether oxygens (including phenoxy) is 1. The van der Waals surface area contributed by atoms with Crippen molar-refractivity contribution in [2.24, 2.45) is 5.92 Å². The van der Waals surface area contributed by atoms with Gasteiger partial charge in [-0.1, -0.05) is 19.1 Å². The second kappa shape index (κ2) is 6.11. The van der Waals surface area contributed by atoms with Gasteiger partial charge in [0.05, 0.1) is 18.1 Å². The van der Waals surface area contributed by atoms with Gasteiger partial charge in [-0.3, -0.25) is 4.79 Å². The highest BCUT2D eigenvalue weighted by Gasteiger charge is 2.23. The minimum Gasteiger partial charge on any atom is -0.465 e. The number of aryl methyl sites for hydroxylation is 1. The summed E-state index contributed by atoms with van der Waals surface area (Å²) in [7, 11) is 1.35. The van der Waals surface area contributed by atoms with Crippen molar-refractivity contribution in [1.29, 1.82) is 0 Å². The number of nitrogens with zero attached hydrogens (tertiary/aromatic N) is 1. The topological polar surface area (TPSA) is 72.0 Å². The van der Waals surface area contributed by atoms with Gasteiger partial charge in [0.25, 0.3) is 5.56 Å². The molecular weight excluding hydrogens is 336 g/mol. The Bertz CT molecular complexity index is 1020. The lowest BCUT2D eigenvalue weighted by atomic mass is 9.89. The maximum absolute atomic E-state index is 12.6. The first-order valence-corrected chi connectivity index (χ1v) is 9.11. The summed E-state index contributed by atoms with van der Waals surface area (Å²) in [6.07, 6.45) is 3.10. The number of hydrogen-bond acceptors (Lipinski definition) is 5. The summed E-state index contributed by atoms with van der Waals surface area (Å²) in [5.41, 5.74) is 2.34. The third-order valence-electron chi connectivity index (χ3n) is 4.74. The Morgan fingerprint density at radius 2 is 2.08 bits per heavy atom. The number of thiophene rings is 1. The molecule has 0 radical (unpaired) electrons. The van der Waals surface area contributed by atoms with Crippen molar-refractivity contribution < 1.29 is 9.53 Å². The molecule has 0 spiro atoms. The quantitative estimate of drug-likeness (QED) is 0.714. The number of rotatable bonds is 2. The fourth-order valence-corrected chi connectivity index (χ4v) is 4.75. The highest BCUT2D eigenvalue weighted by molar-refractivity contribution is 7.18. The monoisotopic (exact) mass is 354 g/mol. The van der Waals surface area contributed by atoms with Gasteiger partial charge in [-0.2, -0.15) is 0 Å². The Hall–Kier alpha value is -2.47. The van der Waals surface area contributed by atoms with Gasteiger partial charge in [0, 0.05) is 10.4 Å². The second-order valence-corrected chi connectivity index (χ2v) is 7.60. The number of benzene rings is 1. The third-order valence-corrected chi connectivity index (χ3v) is 5.89. The molecule has 128 valence electrons. The first-order valence-electron chi connectivity index (χ1n) is 8.30. The first kappa shape index (κ1) is 16.0.